The van der Waals surface area contributed by atoms with Crippen molar-refractivity contribution in [1.82, 2.24) is 5.32 Å². The minimum absolute atomic E-state index is 0.537. The summed E-state index contributed by atoms with van der Waals surface area (Å²) in [5.41, 5.74) is 0. The van der Waals surface area contributed by atoms with Gasteiger partial charge in [0.05, 0.1) is 0 Å². The molecule has 1 heterocycles. The maximum absolute atomic E-state index is 3.34. The second-order valence-electron chi connectivity index (χ2n) is 2.94. The Kier molecular flexibility index (Phi) is 2.34. The van der Waals surface area contributed by atoms with Crippen LogP contribution >= 0.6 is 0 Å². The van der Waals surface area contributed by atoms with Crippen LogP contribution in [0.3, 0.4) is 0 Å². The monoisotopic (exact) mass is 137 g/mol. The van der Waals surface area contributed by atoms with E-state index in [1.807, 2.05) is 0 Å². The van der Waals surface area contributed by atoms with E-state index < -0.39 is 0 Å². The summed E-state index contributed by atoms with van der Waals surface area (Å²) >= 11 is 0. The first-order valence-corrected chi connectivity index (χ1v) is 4.00. The van der Waals surface area contributed by atoms with Crippen LogP contribution in [0.15, 0.2) is 0 Å². The molecule has 1 aliphatic rings. The highest BCUT2D eigenvalue weighted by atomic mass is 15.1. The smallest absolute Gasteiger partial charge is 0.0356 e. The molecule has 2 unspecified atom stereocenters. The van der Waals surface area contributed by atoms with Gasteiger partial charge in [0.2, 0.25) is 0 Å². The van der Waals surface area contributed by atoms with Crippen molar-refractivity contribution in [2.75, 3.05) is 0 Å². The fourth-order valence-electron chi connectivity index (χ4n) is 1.18. The van der Waals surface area contributed by atoms with E-state index in [0.29, 0.717) is 18.0 Å². The van der Waals surface area contributed by atoms with E-state index in [1.54, 1.807) is 0 Å². The summed E-state index contributed by atoms with van der Waals surface area (Å²) in [6.45, 7) is 6.47. The van der Waals surface area contributed by atoms with Crippen LogP contribution in [0.5, 0.6) is 0 Å². The summed E-state index contributed by atoms with van der Waals surface area (Å²) in [7, 11) is 0. The lowest BCUT2D eigenvalue weighted by Crippen LogP contribution is -2.03. The zero-order valence-corrected chi connectivity index (χ0v) is 6.94. The molecule has 1 heteroatoms. The number of hydrogen-bond donors (Lipinski definition) is 1. The van der Waals surface area contributed by atoms with Gasteiger partial charge in [0.1, 0.15) is 0 Å². The quantitative estimate of drug-likeness (QED) is 0.428. The molecule has 0 bridgehead atoms. The molecular weight excluding hydrogens is 122 g/mol. The average molecular weight is 137 g/mol. The van der Waals surface area contributed by atoms with Gasteiger partial charge in [-0.25, -0.2) is 0 Å². The fraction of sp³-hybridized carbons (Fsp3) is 0.778. The third-order valence-corrected chi connectivity index (χ3v) is 1.93. The van der Waals surface area contributed by atoms with Crippen molar-refractivity contribution in [2.24, 2.45) is 5.92 Å². The van der Waals surface area contributed by atoms with Crippen molar-refractivity contribution in [1.29, 1.82) is 0 Å². The summed E-state index contributed by atoms with van der Waals surface area (Å²) in [5, 5.41) is 3.34. The molecule has 1 saturated heterocycles. The van der Waals surface area contributed by atoms with Gasteiger partial charge in [0.15, 0.2) is 0 Å². The predicted molar refractivity (Wildman–Crippen MR) is 43.6 cm³/mol. The Bertz CT molecular complexity index is 163. The van der Waals surface area contributed by atoms with Gasteiger partial charge >= 0.3 is 0 Å². The van der Waals surface area contributed by atoms with Gasteiger partial charge in [-0.2, -0.15) is 0 Å². The van der Waals surface area contributed by atoms with E-state index in [-0.39, 0.29) is 0 Å². The third-order valence-electron chi connectivity index (χ3n) is 1.93. The number of rotatable bonds is 1. The first-order chi connectivity index (χ1) is 4.75. The average Bonchev–Trinajstić information content (AvgIpc) is 2.62. The molecule has 0 aromatic heterocycles. The molecule has 1 nitrogen and oxygen atoms in total. The van der Waals surface area contributed by atoms with Gasteiger partial charge in [0, 0.05) is 24.4 Å². The molecule has 0 aromatic rings. The van der Waals surface area contributed by atoms with Crippen molar-refractivity contribution in [3.63, 3.8) is 0 Å². The van der Waals surface area contributed by atoms with E-state index >= 15 is 0 Å². The van der Waals surface area contributed by atoms with Crippen LogP contribution in [0.2, 0.25) is 0 Å². The third kappa shape index (κ3) is 1.75. The zero-order chi connectivity index (χ0) is 7.56. The Morgan fingerprint density at radius 3 is 2.60 bits per heavy atom. The summed E-state index contributed by atoms with van der Waals surface area (Å²) in [5.74, 6) is 6.85. The first kappa shape index (κ1) is 7.63. The van der Waals surface area contributed by atoms with E-state index in [0.717, 1.165) is 6.42 Å². The van der Waals surface area contributed by atoms with Crippen molar-refractivity contribution in [2.45, 2.75) is 39.3 Å². The van der Waals surface area contributed by atoms with Crippen molar-refractivity contribution in [3.8, 4) is 11.8 Å². The van der Waals surface area contributed by atoms with Crippen molar-refractivity contribution < 1.29 is 0 Å². The second kappa shape index (κ2) is 3.07. The fourth-order valence-corrected chi connectivity index (χ4v) is 1.18. The molecule has 56 valence electrons. The highest BCUT2D eigenvalue weighted by Crippen LogP contribution is 2.18. The standard InChI is InChI=1S/C9H15N/c1-4-5-6-7(2)9-8(3)10-9/h7-10H,4H2,1-3H3/t7?,8?,9-/m1/s1. The Hall–Kier alpha value is -0.480. The molecule has 1 N–H and O–H groups in total. The van der Waals surface area contributed by atoms with Crippen LogP contribution in [-0.4, -0.2) is 12.1 Å². The molecule has 0 radical (unpaired) electrons. The summed E-state index contributed by atoms with van der Waals surface area (Å²) in [4.78, 5) is 0. The highest BCUT2D eigenvalue weighted by Gasteiger charge is 2.35. The van der Waals surface area contributed by atoms with E-state index in [2.05, 4.69) is 37.9 Å². The molecule has 0 aliphatic carbocycles. The highest BCUT2D eigenvalue weighted by molar-refractivity contribution is 5.12. The molecule has 1 fully saturated rings. The zero-order valence-electron chi connectivity index (χ0n) is 6.94. The lowest BCUT2D eigenvalue weighted by atomic mass is 10.1. The lowest BCUT2D eigenvalue weighted by Gasteiger charge is -1.96. The van der Waals surface area contributed by atoms with Gasteiger partial charge in [0.25, 0.3) is 0 Å². The Morgan fingerprint density at radius 1 is 1.60 bits per heavy atom. The van der Waals surface area contributed by atoms with Gasteiger partial charge in [-0.3, -0.25) is 0 Å². The minimum Gasteiger partial charge on any atom is -0.307 e. The Balaban J connectivity index is 2.28. The van der Waals surface area contributed by atoms with E-state index in [1.165, 1.54) is 0 Å². The molecular formula is C9H15N. The molecule has 0 saturated carbocycles. The van der Waals surface area contributed by atoms with Crippen molar-refractivity contribution >= 4 is 0 Å². The van der Waals surface area contributed by atoms with Crippen LogP contribution in [0.4, 0.5) is 0 Å². The number of hydrogen-bond acceptors (Lipinski definition) is 1. The molecule has 0 aromatic carbocycles. The predicted octanol–water partition coefficient (Wildman–Crippen LogP) is 1.40. The lowest BCUT2D eigenvalue weighted by molar-refractivity contribution is 0.715. The summed E-state index contributed by atoms with van der Waals surface area (Å²) < 4.78 is 0. The van der Waals surface area contributed by atoms with Gasteiger partial charge in [-0.05, 0) is 13.8 Å². The Morgan fingerprint density at radius 2 is 2.20 bits per heavy atom. The summed E-state index contributed by atoms with van der Waals surface area (Å²) in [6, 6.07) is 1.36. The Labute approximate surface area is 63.2 Å². The van der Waals surface area contributed by atoms with Crippen LogP contribution < -0.4 is 5.32 Å². The maximum Gasteiger partial charge on any atom is 0.0356 e. The first-order valence-electron chi connectivity index (χ1n) is 4.00. The minimum atomic E-state index is 0.537. The largest absolute Gasteiger partial charge is 0.307 e. The van der Waals surface area contributed by atoms with Crippen LogP contribution in [0.25, 0.3) is 0 Å². The topological polar surface area (TPSA) is 21.9 Å². The van der Waals surface area contributed by atoms with E-state index in [9.17, 15) is 0 Å². The second-order valence-corrected chi connectivity index (χ2v) is 2.94. The molecule has 0 spiro atoms. The van der Waals surface area contributed by atoms with Crippen LogP contribution in [-0.2, 0) is 0 Å². The van der Waals surface area contributed by atoms with E-state index in [4.69, 9.17) is 0 Å². The number of nitrogens with one attached hydrogen (secondary N) is 1. The van der Waals surface area contributed by atoms with Gasteiger partial charge in [-0.1, -0.05) is 12.8 Å². The van der Waals surface area contributed by atoms with Crippen LogP contribution in [0, 0.1) is 17.8 Å². The molecule has 3 atom stereocenters. The van der Waals surface area contributed by atoms with Crippen LogP contribution in [0.1, 0.15) is 27.2 Å². The molecule has 1 aliphatic heterocycles. The molecule has 0 amide bonds. The van der Waals surface area contributed by atoms with Gasteiger partial charge in [-0.15, -0.1) is 5.92 Å². The SMILES string of the molecule is CCC#CC(C)[C@H]1NC1C. The normalized spacial score (nSPS) is 32.3. The summed E-state index contributed by atoms with van der Waals surface area (Å²) in [6.07, 6.45) is 0.978. The van der Waals surface area contributed by atoms with Crippen molar-refractivity contribution in [3.05, 3.63) is 0 Å². The molecule has 10 heavy (non-hydrogen) atoms. The maximum atomic E-state index is 3.34. The van der Waals surface area contributed by atoms with Gasteiger partial charge < -0.3 is 5.32 Å². The molecule has 1 rings (SSSR count).